The second-order valence-electron chi connectivity index (χ2n) is 4.45. The summed E-state index contributed by atoms with van der Waals surface area (Å²) >= 11 is 0. The second-order valence-corrected chi connectivity index (χ2v) is 4.45. The fourth-order valence-electron chi connectivity index (χ4n) is 1.82. The van der Waals surface area contributed by atoms with Crippen LogP contribution >= 0.6 is 0 Å². The van der Waals surface area contributed by atoms with Crippen LogP contribution in [-0.2, 0) is 4.74 Å². The molecule has 96 valence electrons. The molecule has 0 aromatic carbocycles. The van der Waals surface area contributed by atoms with Crippen molar-refractivity contribution in [2.24, 2.45) is 0 Å². The predicted octanol–water partition coefficient (Wildman–Crippen LogP) is 2.85. The van der Waals surface area contributed by atoms with Crippen LogP contribution in [0.1, 0.15) is 39.0 Å². The zero-order valence-corrected chi connectivity index (χ0v) is 11.1. The molecule has 0 spiro atoms. The summed E-state index contributed by atoms with van der Waals surface area (Å²) in [5, 5.41) is 0. The van der Waals surface area contributed by atoms with Crippen LogP contribution in [0.3, 0.4) is 0 Å². The van der Waals surface area contributed by atoms with Crippen molar-refractivity contribution in [1.29, 1.82) is 0 Å². The van der Waals surface area contributed by atoms with E-state index in [1.54, 1.807) is 0 Å². The highest BCUT2D eigenvalue weighted by Crippen LogP contribution is 2.00. The molecule has 17 heavy (non-hydrogen) atoms. The first-order valence-electron chi connectivity index (χ1n) is 6.87. The van der Waals surface area contributed by atoms with E-state index < -0.39 is 0 Å². The van der Waals surface area contributed by atoms with Crippen LogP contribution in [0.25, 0.3) is 0 Å². The van der Waals surface area contributed by atoms with Gasteiger partial charge < -0.3 is 4.74 Å². The van der Waals surface area contributed by atoms with Gasteiger partial charge in [-0.3, -0.25) is 4.90 Å². The topological polar surface area (TPSA) is 12.5 Å². The van der Waals surface area contributed by atoms with Gasteiger partial charge in [0.25, 0.3) is 0 Å². The Labute approximate surface area is 106 Å². The van der Waals surface area contributed by atoms with Crippen LogP contribution < -0.4 is 0 Å². The molecule has 1 heterocycles. The molecule has 0 unspecified atom stereocenters. The quantitative estimate of drug-likeness (QED) is 0.518. The summed E-state index contributed by atoms with van der Waals surface area (Å²) in [5.74, 6) is 6.32. The molecule has 0 aromatic heterocycles. The summed E-state index contributed by atoms with van der Waals surface area (Å²) in [4.78, 5) is 2.39. The van der Waals surface area contributed by atoms with Gasteiger partial charge in [0, 0.05) is 26.1 Å². The third-order valence-electron chi connectivity index (χ3n) is 2.93. The Bertz CT molecular complexity index is 256. The standard InChI is InChI=1S/C15H25NO/c1-2-3-4-5-6-7-8-9-10-11-16-12-14-17-15-13-16/h9-10H,2-6,11-15H2,1H3/b10-9-. The molecular formula is C15H25NO. The van der Waals surface area contributed by atoms with Gasteiger partial charge in [-0.1, -0.05) is 44.1 Å². The summed E-state index contributed by atoms with van der Waals surface area (Å²) in [6.45, 7) is 7.09. The van der Waals surface area contributed by atoms with Crippen LogP contribution in [0, 0.1) is 11.8 Å². The predicted molar refractivity (Wildman–Crippen MR) is 72.9 cm³/mol. The molecule has 1 aliphatic heterocycles. The first-order valence-corrected chi connectivity index (χ1v) is 6.87. The molecule has 0 amide bonds. The fraction of sp³-hybridized carbons (Fsp3) is 0.733. The maximum Gasteiger partial charge on any atom is 0.0594 e. The van der Waals surface area contributed by atoms with E-state index in [0.717, 1.165) is 39.3 Å². The molecule has 1 rings (SSSR count). The van der Waals surface area contributed by atoms with Gasteiger partial charge in [0.1, 0.15) is 0 Å². The van der Waals surface area contributed by atoms with Crippen molar-refractivity contribution in [3.05, 3.63) is 12.2 Å². The number of nitrogens with zero attached hydrogens (tertiary/aromatic N) is 1. The molecule has 2 nitrogen and oxygen atoms in total. The Morgan fingerprint density at radius 3 is 2.76 bits per heavy atom. The number of rotatable bonds is 6. The Kier molecular flexibility index (Phi) is 8.72. The van der Waals surface area contributed by atoms with Gasteiger partial charge >= 0.3 is 0 Å². The third kappa shape index (κ3) is 8.01. The number of ether oxygens (including phenoxy) is 1. The molecule has 2 heteroatoms. The van der Waals surface area contributed by atoms with E-state index in [9.17, 15) is 0 Å². The molecule has 0 aliphatic carbocycles. The van der Waals surface area contributed by atoms with Crippen molar-refractivity contribution in [2.75, 3.05) is 32.8 Å². The molecule has 0 aromatic rings. The van der Waals surface area contributed by atoms with Crippen molar-refractivity contribution in [3.63, 3.8) is 0 Å². The number of morpholine rings is 1. The second kappa shape index (κ2) is 10.4. The summed E-state index contributed by atoms with van der Waals surface area (Å²) in [7, 11) is 0. The first kappa shape index (κ1) is 14.3. The normalized spacial score (nSPS) is 17.0. The van der Waals surface area contributed by atoms with Crippen LogP contribution in [0.15, 0.2) is 12.2 Å². The smallest absolute Gasteiger partial charge is 0.0594 e. The SMILES string of the molecule is CCCCCCC#C/C=C\CN1CCOCC1. The Hall–Kier alpha value is -0.780. The zero-order valence-electron chi connectivity index (χ0n) is 11.1. The van der Waals surface area contributed by atoms with Crippen molar-refractivity contribution < 1.29 is 4.74 Å². The van der Waals surface area contributed by atoms with Gasteiger partial charge in [-0.25, -0.2) is 0 Å². The minimum Gasteiger partial charge on any atom is -0.379 e. The highest BCUT2D eigenvalue weighted by Gasteiger charge is 2.06. The summed E-state index contributed by atoms with van der Waals surface area (Å²) in [5.41, 5.74) is 0. The van der Waals surface area contributed by atoms with Gasteiger partial charge in [0.2, 0.25) is 0 Å². The van der Waals surface area contributed by atoms with Crippen LogP contribution in [0.2, 0.25) is 0 Å². The fourth-order valence-corrected chi connectivity index (χ4v) is 1.82. The lowest BCUT2D eigenvalue weighted by atomic mass is 10.2. The van der Waals surface area contributed by atoms with E-state index in [0.29, 0.717) is 0 Å². The minimum absolute atomic E-state index is 0.872. The highest BCUT2D eigenvalue weighted by atomic mass is 16.5. The third-order valence-corrected chi connectivity index (χ3v) is 2.93. The van der Waals surface area contributed by atoms with Crippen LogP contribution in [0.5, 0.6) is 0 Å². The van der Waals surface area contributed by atoms with E-state index in [1.807, 2.05) is 6.08 Å². The maximum absolute atomic E-state index is 5.30. The van der Waals surface area contributed by atoms with E-state index in [-0.39, 0.29) is 0 Å². The van der Waals surface area contributed by atoms with Crippen LogP contribution in [-0.4, -0.2) is 37.7 Å². The minimum atomic E-state index is 0.872. The summed E-state index contributed by atoms with van der Waals surface area (Å²) < 4.78 is 5.30. The average Bonchev–Trinajstić information content (AvgIpc) is 2.38. The van der Waals surface area contributed by atoms with Crippen molar-refractivity contribution in [2.45, 2.75) is 39.0 Å². The molecule has 1 fully saturated rings. The lowest BCUT2D eigenvalue weighted by Crippen LogP contribution is -2.36. The van der Waals surface area contributed by atoms with E-state index in [4.69, 9.17) is 4.74 Å². The van der Waals surface area contributed by atoms with Gasteiger partial charge in [0.15, 0.2) is 0 Å². The number of allylic oxidation sites excluding steroid dienone is 1. The largest absolute Gasteiger partial charge is 0.379 e. The number of unbranched alkanes of at least 4 members (excludes halogenated alkanes) is 4. The molecule has 0 radical (unpaired) electrons. The number of hydrogen-bond donors (Lipinski definition) is 0. The molecule has 0 N–H and O–H groups in total. The van der Waals surface area contributed by atoms with Crippen molar-refractivity contribution >= 4 is 0 Å². The van der Waals surface area contributed by atoms with Crippen molar-refractivity contribution in [1.82, 2.24) is 4.90 Å². The van der Waals surface area contributed by atoms with E-state index in [1.165, 1.54) is 25.7 Å². The monoisotopic (exact) mass is 235 g/mol. The van der Waals surface area contributed by atoms with Crippen molar-refractivity contribution in [3.8, 4) is 11.8 Å². The van der Waals surface area contributed by atoms with Crippen LogP contribution in [0.4, 0.5) is 0 Å². The Morgan fingerprint density at radius 2 is 2.00 bits per heavy atom. The van der Waals surface area contributed by atoms with Gasteiger partial charge in [0.05, 0.1) is 13.2 Å². The lowest BCUT2D eigenvalue weighted by Gasteiger charge is -2.24. The summed E-state index contributed by atoms with van der Waals surface area (Å²) in [6.07, 6.45) is 10.4. The van der Waals surface area contributed by atoms with Gasteiger partial charge in [-0.15, -0.1) is 0 Å². The summed E-state index contributed by atoms with van der Waals surface area (Å²) in [6, 6.07) is 0. The molecule has 0 atom stereocenters. The molecule has 0 bridgehead atoms. The molecular weight excluding hydrogens is 210 g/mol. The van der Waals surface area contributed by atoms with Gasteiger partial charge in [-0.05, 0) is 12.5 Å². The first-order chi connectivity index (χ1) is 8.43. The van der Waals surface area contributed by atoms with E-state index >= 15 is 0 Å². The van der Waals surface area contributed by atoms with E-state index in [2.05, 4.69) is 29.7 Å². The van der Waals surface area contributed by atoms with Gasteiger partial charge in [-0.2, -0.15) is 0 Å². The average molecular weight is 235 g/mol. The Morgan fingerprint density at radius 1 is 1.18 bits per heavy atom. The highest BCUT2D eigenvalue weighted by molar-refractivity contribution is 5.15. The molecule has 0 saturated carbocycles. The number of hydrogen-bond acceptors (Lipinski definition) is 2. The Balaban J connectivity index is 1.98. The molecule has 1 aliphatic rings. The zero-order chi connectivity index (χ0) is 12.2. The lowest BCUT2D eigenvalue weighted by molar-refractivity contribution is 0.0434. The maximum atomic E-state index is 5.30. The molecule has 1 saturated heterocycles.